The Kier molecular flexibility index (Phi) is 13.7. The fourth-order valence-electron chi connectivity index (χ4n) is 9.97. The number of hydrogen-bond donors (Lipinski definition) is 4. The first-order valence-corrected chi connectivity index (χ1v) is 23.8. The highest BCUT2D eigenvalue weighted by molar-refractivity contribution is 5.90. The van der Waals surface area contributed by atoms with Crippen LogP contribution in [0, 0.1) is 17.8 Å². The highest BCUT2D eigenvalue weighted by Gasteiger charge is 2.38. The summed E-state index contributed by atoms with van der Waals surface area (Å²) in [6.45, 7) is 14.0. The van der Waals surface area contributed by atoms with Gasteiger partial charge in [0.05, 0.1) is 17.9 Å². The van der Waals surface area contributed by atoms with Crippen LogP contribution in [0.1, 0.15) is 124 Å². The second kappa shape index (κ2) is 19.4. The van der Waals surface area contributed by atoms with Crippen molar-refractivity contribution in [3.05, 3.63) is 60.8 Å². The van der Waals surface area contributed by atoms with E-state index in [0.29, 0.717) is 18.4 Å². The first kappa shape index (κ1) is 45.8. The highest BCUT2D eigenvalue weighted by Crippen LogP contribution is 2.37. The zero-order valence-electron chi connectivity index (χ0n) is 39.0. The third-order valence-corrected chi connectivity index (χ3v) is 13.3. The molecule has 2 atom stereocenters. The number of amides is 4. The van der Waals surface area contributed by atoms with E-state index >= 15 is 0 Å². The van der Waals surface area contributed by atoms with Crippen molar-refractivity contribution in [1.82, 2.24) is 40.4 Å². The van der Waals surface area contributed by atoms with Gasteiger partial charge in [-0.2, -0.15) is 0 Å². The monoisotopic (exact) mass is 890 g/mol. The number of alkyl carbamates (subject to hydrolysis) is 2. The van der Waals surface area contributed by atoms with E-state index in [1.54, 1.807) is 0 Å². The Hall–Kier alpha value is -5.73. The number of rotatable bonds is 10. The van der Waals surface area contributed by atoms with E-state index in [1.165, 1.54) is 0 Å². The molecule has 2 aliphatic heterocycles. The van der Waals surface area contributed by atoms with Crippen LogP contribution in [0.25, 0.3) is 33.2 Å². The maximum atomic E-state index is 13.8. The summed E-state index contributed by atoms with van der Waals surface area (Å²) in [6.07, 6.45) is 13.7. The lowest BCUT2D eigenvalue weighted by Gasteiger charge is -2.33. The molecule has 0 spiro atoms. The number of likely N-dealkylation sites (tertiary alicyclic amines) is 2. The molecule has 4 aromatic rings. The Bertz CT molecular complexity index is 2320. The van der Waals surface area contributed by atoms with E-state index in [4.69, 9.17) is 14.5 Å². The van der Waals surface area contributed by atoms with Crippen LogP contribution in [0.2, 0.25) is 0 Å². The molecule has 65 heavy (non-hydrogen) atoms. The Labute approximate surface area is 382 Å². The molecule has 4 heterocycles. The van der Waals surface area contributed by atoms with Crippen molar-refractivity contribution < 1.29 is 28.7 Å². The predicted molar refractivity (Wildman–Crippen MR) is 250 cm³/mol. The number of carbonyl (C=O) groups excluding carboxylic acids is 4. The van der Waals surface area contributed by atoms with Crippen LogP contribution in [0.5, 0.6) is 0 Å². The number of nitrogens with zero attached hydrogens (tertiary/aromatic N) is 5. The average molecular weight is 890 g/mol. The third kappa shape index (κ3) is 11.8. The van der Waals surface area contributed by atoms with Crippen molar-refractivity contribution in [3.63, 3.8) is 0 Å². The van der Waals surface area contributed by atoms with Crippen molar-refractivity contribution in [1.29, 1.82) is 0 Å². The minimum atomic E-state index is -0.543. The fourth-order valence-corrected chi connectivity index (χ4v) is 9.97. The molecule has 0 radical (unpaired) electrons. The highest BCUT2D eigenvalue weighted by atomic mass is 16.6. The second-order valence-electron chi connectivity index (χ2n) is 20.7. The van der Waals surface area contributed by atoms with Crippen LogP contribution in [0.3, 0.4) is 0 Å². The van der Waals surface area contributed by atoms with E-state index in [1.807, 2.05) is 69.9 Å². The minimum Gasteiger partial charge on any atom is -0.444 e. The number of nitrogens with one attached hydrogen (secondary N) is 4. The van der Waals surface area contributed by atoms with Crippen molar-refractivity contribution in [2.24, 2.45) is 17.8 Å². The molecule has 15 heteroatoms. The summed E-state index contributed by atoms with van der Waals surface area (Å²) >= 11 is 0. The zero-order chi connectivity index (χ0) is 45.9. The van der Waals surface area contributed by atoms with Gasteiger partial charge in [-0.25, -0.2) is 24.5 Å². The maximum absolute atomic E-state index is 13.8. The smallest absolute Gasteiger partial charge is 0.407 e. The van der Waals surface area contributed by atoms with Crippen molar-refractivity contribution in [3.8, 4) is 22.4 Å². The molecule has 2 aromatic carbocycles. The number of fused-ring (bicyclic) bond motifs is 1. The summed E-state index contributed by atoms with van der Waals surface area (Å²) < 4.78 is 10.8. The van der Waals surface area contributed by atoms with Crippen LogP contribution in [-0.2, 0) is 19.1 Å². The topological polar surface area (TPSA) is 184 Å². The molecule has 2 aromatic heterocycles. The van der Waals surface area contributed by atoms with E-state index in [9.17, 15) is 19.2 Å². The summed E-state index contributed by atoms with van der Waals surface area (Å²) in [5.74, 6) is 2.09. The average Bonchev–Trinajstić information content (AvgIpc) is 4.06. The maximum Gasteiger partial charge on any atom is 0.407 e. The second-order valence-corrected chi connectivity index (χ2v) is 20.7. The normalized spacial score (nSPS) is 23.8. The van der Waals surface area contributed by atoms with Crippen molar-refractivity contribution >= 4 is 40.7 Å². The van der Waals surface area contributed by atoms with Gasteiger partial charge in [-0.15, -0.1) is 0 Å². The molecule has 4 fully saturated rings. The fraction of sp³-hybridized carbons (Fsp3) is 0.580. The lowest BCUT2D eigenvalue weighted by Crippen LogP contribution is -2.43. The SMILES string of the molecule is CC(C)(C)OC(=O)NC1CCC(C(=O)N2CC[C@H](CNc3ncc(-c4ccc5cc(-c6cnc([C@H]7CCCN7C(=O)C7CCC(NC(=O)OC(C)(C)C)CC7)[nH]6)ccc5c4)cn3)C2)CC1. The first-order chi connectivity index (χ1) is 31.0. The van der Waals surface area contributed by atoms with Gasteiger partial charge in [0.1, 0.15) is 17.0 Å². The summed E-state index contributed by atoms with van der Waals surface area (Å²) in [5, 5.41) is 11.5. The van der Waals surface area contributed by atoms with E-state index in [-0.39, 0.29) is 41.8 Å². The van der Waals surface area contributed by atoms with E-state index in [2.05, 4.69) is 67.3 Å². The Morgan fingerprint density at radius 2 is 1.23 bits per heavy atom. The molecule has 0 bridgehead atoms. The van der Waals surface area contributed by atoms with Crippen LogP contribution < -0.4 is 16.0 Å². The largest absolute Gasteiger partial charge is 0.444 e. The van der Waals surface area contributed by atoms with Gasteiger partial charge >= 0.3 is 12.2 Å². The number of benzene rings is 2. The number of H-pyrrole nitrogens is 1. The van der Waals surface area contributed by atoms with E-state index in [0.717, 1.165) is 129 Å². The Morgan fingerprint density at radius 3 is 1.83 bits per heavy atom. The van der Waals surface area contributed by atoms with Gasteiger partial charge in [0.2, 0.25) is 17.8 Å². The van der Waals surface area contributed by atoms with Crippen LogP contribution in [0.4, 0.5) is 15.5 Å². The molecule has 4 aliphatic rings. The molecule has 8 rings (SSSR count). The summed E-state index contributed by atoms with van der Waals surface area (Å²) in [7, 11) is 0. The number of ether oxygens (including phenoxy) is 2. The standard InChI is InChI=1S/C50H67N9O6/c1-49(2,3)64-47(62)55-39-17-13-32(14-18-39)44(60)58-23-21-31(30-58)26-52-46-53-27-38(28-54-46)36-10-9-35-25-37(12-11-34(35)24-36)41-29-51-43(57-41)42-8-7-22-59(42)45(61)33-15-19-40(20-16-33)56-48(63)65-50(4,5)6/h9-12,24-25,27-29,31-33,39-40,42H,7-8,13-23,26,30H2,1-6H3,(H,51,57)(H,55,62)(H,56,63)(H,52,53,54)/t31-,32?,33?,39?,40?,42-/m1/s1. The van der Waals surface area contributed by atoms with Gasteiger partial charge in [-0.05, 0) is 147 Å². The Balaban J connectivity index is 0.796. The van der Waals surface area contributed by atoms with Gasteiger partial charge < -0.3 is 40.2 Å². The van der Waals surface area contributed by atoms with Crippen molar-refractivity contribution in [2.45, 2.75) is 141 Å². The zero-order valence-corrected chi connectivity index (χ0v) is 39.0. The third-order valence-electron chi connectivity index (χ3n) is 13.3. The van der Waals surface area contributed by atoms with Gasteiger partial charge in [0, 0.05) is 73.6 Å². The lowest BCUT2D eigenvalue weighted by molar-refractivity contribution is -0.138. The number of carbonyl (C=O) groups is 4. The summed E-state index contributed by atoms with van der Waals surface area (Å²) in [5.41, 5.74) is 2.82. The number of aromatic nitrogens is 4. The number of imidazole rings is 1. The number of hydrogen-bond acceptors (Lipinski definition) is 10. The molecule has 2 saturated carbocycles. The van der Waals surface area contributed by atoms with Gasteiger partial charge in [-0.3, -0.25) is 9.59 Å². The molecule has 4 amide bonds. The minimum absolute atomic E-state index is 0.00484. The Morgan fingerprint density at radius 1 is 0.662 bits per heavy atom. The molecular formula is C50H67N9O6. The first-order valence-electron chi connectivity index (χ1n) is 23.8. The summed E-state index contributed by atoms with van der Waals surface area (Å²) in [4.78, 5) is 73.3. The summed E-state index contributed by atoms with van der Waals surface area (Å²) in [6, 6.07) is 12.7. The molecule has 348 valence electrons. The molecule has 2 saturated heterocycles. The van der Waals surface area contributed by atoms with E-state index < -0.39 is 23.4 Å². The predicted octanol–water partition coefficient (Wildman–Crippen LogP) is 8.78. The molecule has 2 aliphatic carbocycles. The molecule has 0 unspecified atom stereocenters. The van der Waals surface area contributed by atoms with Gasteiger partial charge in [-0.1, -0.05) is 24.3 Å². The molecule has 15 nitrogen and oxygen atoms in total. The van der Waals surface area contributed by atoms with Gasteiger partial charge in [0.25, 0.3) is 0 Å². The number of aromatic amines is 1. The van der Waals surface area contributed by atoms with Gasteiger partial charge in [0.15, 0.2) is 0 Å². The van der Waals surface area contributed by atoms with Crippen LogP contribution in [-0.4, -0.2) is 103 Å². The quantitative estimate of drug-likeness (QED) is 0.120. The lowest BCUT2D eigenvalue weighted by atomic mass is 9.85. The van der Waals surface area contributed by atoms with Crippen LogP contribution >= 0.6 is 0 Å². The van der Waals surface area contributed by atoms with Crippen molar-refractivity contribution in [2.75, 3.05) is 31.5 Å². The number of anilines is 1. The van der Waals surface area contributed by atoms with Crippen LogP contribution in [0.15, 0.2) is 55.0 Å². The molecule has 4 N–H and O–H groups in total. The molecular weight excluding hydrogens is 823 g/mol.